The lowest BCUT2D eigenvalue weighted by Gasteiger charge is -2.07. The third kappa shape index (κ3) is 4.19. The Labute approximate surface area is 153 Å². The quantitative estimate of drug-likeness (QED) is 0.501. The lowest BCUT2D eigenvalue weighted by atomic mass is 9.99. The number of carbonyl (C=O) groups is 1. The van der Waals surface area contributed by atoms with Gasteiger partial charge in [-0.15, -0.1) is 0 Å². The van der Waals surface area contributed by atoms with Crippen molar-refractivity contribution in [3.05, 3.63) is 90.5 Å². The minimum Gasteiger partial charge on any atom is -0.508 e. The Bertz CT molecular complexity index is 905. The number of benzene rings is 3. The van der Waals surface area contributed by atoms with Gasteiger partial charge in [0.1, 0.15) is 12.4 Å². The number of ether oxygens (including phenoxy) is 1. The van der Waals surface area contributed by atoms with Crippen molar-refractivity contribution in [2.45, 2.75) is 13.5 Å². The van der Waals surface area contributed by atoms with Crippen molar-refractivity contribution in [1.29, 1.82) is 0 Å². The predicted molar refractivity (Wildman–Crippen MR) is 104 cm³/mol. The maximum absolute atomic E-state index is 11.4. The second kappa shape index (κ2) is 7.70. The van der Waals surface area contributed by atoms with E-state index < -0.39 is 0 Å². The van der Waals surface area contributed by atoms with Gasteiger partial charge in [0.05, 0.1) is 0 Å². The molecule has 3 nitrogen and oxygen atoms in total. The lowest BCUT2D eigenvalue weighted by Crippen LogP contribution is -2.04. The Hall–Kier alpha value is -3.33. The molecular weight excluding hydrogens is 324 g/mol. The molecule has 0 aliphatic carbocycles. The molecule has 26 heavy (non-hydrogen) atoms. The average Bonchev–Trinajstić information content (AvgIpc) is 2.67. The molecule has 0 saturated heterocycles. The zero-order chi connectivity index (χ0) is 18.5. The monoisotopic (exact) mass is 344 g/mol. The standard InChI is InChI=1S/C23H20O3/c1-16(2)23(25)26-15-17-3-5-18(6-4-17)19-7-9-20(10-8-19)21-11-13-22(24)14-12-21/h3-14,24H,1,15H2,2H3. The van der Waals surface area contributed by atoms with Crippen molar-refractivity contribution >= 4 is 5.97 Å². The van der Waals surface area contributed by atoms with Gasteiger partial charge in [-0.25, -0.2) is 4.79 Å². The van der Waals surface area contributed by atoms with Gasteiger partial charge in [0.25, 0.3) is 0 Å². The van der Waals surface area contributed by atoms with E-state index in [4.69, 9.17) is 4.74 Å². The number of carbonyl (C=O) groups excluding carboxylic acids is 1. The largest absolute Gasteiger partial charge is 0.508 e. The van der Waals surface area contributed by atoms with Gasteiger partial charge in [-0.3, -0.25) is 0 Å². The van der Waals surface area contributed by atoms with Gasteiger partial charge < -0.3 is 9.84 Å². The van der Waals surface area contributed by atoms with E-state index in [9.17, 15) is 9.90 Å². The van der Waals surface area contributed by atoms with E-state index in [1.54, 1.807) is 19.1 Å². The summed E-state index contributed by atoms with van der Waals surface area (Å²) in [5, 5.41) is 9.38. The van der Waals surface area contributed by atoms with Crippen LogP contribution in [0.4, 0.5) is 0 Å². The minimum absolute atomic E-state index is 0.242. The minimum atomic E-state index is -0.376. The van der Waals surface area contributed by atoms with Crippen LogP contribution in [0.5, 0.6) is 5.75 Å². The highest BCUT2D eigenvalue weighted by Gasteiger charge is 2.05. The van der Waals surface area contributed by atoms with Crippen molar-refractivity contribution in [1.82, 2.24) is 0 Å². The summed E-state index contributed by atoms with van der Waals surface area (Å²) in [5.74, 6) is -0.113. The molecular formula is C23H20O3. The highest BCUT2D eigenvalue weighted by molar-refractivity contribution is 5.86. The van der Waals surface area contributed by atoms with E-state index in [0.717, 1.165) is 27.8 Å². The molecule has 1 N–H and O–H groups in total. The molecule has 0 aliphatic heterocycles. The maximum Gasteiger partial charge on any atom is 0.333 e. The van der Waals surface area contributed by atoms with E-state index >= 15 is 0 Å². The first-order chi connectivity index (χ1) is 12.5. The number of phenolic OH excluding ortho intramolecular Hbond substituents is 1. The summed E-state index contributed by atoms with van der Waals surface area (Å²) < 4.78 is 5.15. The van der Waals surface area contributed by atoms with Crippen molar-refractivity contribution < 1.29 is 14.6 Å². The molecule has 0 heterocycles. The van der Waals surface area contributed by atoms with Crippen LogP contribution in [0.15, 0.2) is 84.9 Å². The second-order valence-corrected chi connectivity index (χ2v) is 6.18. The SMILES string of the molecule is C=C(C)C(=O)OCc1ccc(-c2ccc(-c3ccc(O)cc3)cc2)cc1. The third-order valence-corrected chi connectivity index (χ3v) is 4.09. The summed E-state index contributed by atoms with van der Waals surface area (Å²) in [6.45, 7) is 5.44. The fraction of sp³-hybridized carbons (Fsp3) is 0.0870. The molecule has 0 aromatic heterocycles. The van der Waals surface area contributed by atoms with E-state index in [2.05, 4.69) is 30.8 Å². The van der Waals surface area contributed by atoms with Gasteiger partial charge in [0.2, 0.25) is 0 Å². The number of hydrogen-bond donors (Lipinski definition) is 1. The molecule has 130 valence electrons. The van der Waals surface area contributed by atoms with Crippen LogP contribution in [0.3, 0.4) is 0 Å². The molecule has 0 bridgehead atoms. The maximum atomic E-state index is 11.4. The summed E-state index contributed by atoms with van der Waals surface area (Å²) in [4.78, 5) is 11.4. The van der Waals surface area contributed by atoms with Crippen LogP contribution in [0.2, 0.25) is 0 Å². The third-order valence-electron chi connectivity index (χ3n) is 4.09. The smallest absolute Gasteiger partial charge is 0.333 e. The zero-order valence-corrected chi connectivity index (χ0v) is 14.6. The molecule has 0 aliphatic rings. The molecule has 3 heteroatoms. The van der Waals surface area contributed by atoms with Gasteiger partial charge in [-0.05, 0) is 46.9 Å². The first kappa shape index (κ1) is 17.5. The number of rotatable bonds is 5. The Kier molecular flexibility index (Phi) is 5.18. The van der Waals surface area contributed by atoms with Crippen LogP contribution in [0, 0.1) is 0 Å². The number of hydrogen-bond acceptors (Lipinski definition) is 3. The number of esters is 1. The topological polar surface area (TPSA) is 46.5 Å². The van der Waals surface area contributed by atoms with E-state index in [0.29, 0.717) is 5.57 Å². The van der Waals surface area contributed by atoms with E-state index in [-0.39, 0.29) is 18.3 Å². The summed E-state index contributed by atoms with van der Waals surface area (Å²) in [6.07, 6.45) is 0. The van der Waals surface area contributed by atoms with Crippen LogP contribution in [0.25, 0.3) is 22.3 Å². The molecule has 3 aromatic rings. The van der Waals surface area contributed by atoms with Gasteiger partial charge in [-0.2, -0.15) is 0 Å². The van der Waals surface area contributed by atoms with Crippen molar-refractivity contribution in [3.63, 3.8) is 0 Å². The van der Waals surface area contributed by atoms with Gasteiger partial charge in [0.15, 0.2) is 0 Å². The summed E-state index contributed by atoms with van der Waals surface area (Å²) >= 11 is 0. The molecule has 0 fully saturated rings. The molecule has 3 aromatic carbocycles. The van der Waals surface area contributed by atoms with Crippen molar-refractivity contribution in [2.75, 3.05) is 0 Å². The molecule has 0 atom stereocenters. The van der Waals surface area contributed by atoms with Crippen LogP contribution in [-0.4, -0.2) is 11.1 Å². The second-order valence-electron chi connectivity index (χ2n) is 6.18. The molecule has 0 radical (unpaired) electrons. The van der Waals surface area contributed by atoms with E-state index in [1.807, 2.05) is 36.4 Å². The Morgan fingerprint density at radius 2 is 1.19 bits per heavy atom. The van der Waals surface area contributed by atoms with Crippen LogP contribution in [0.1, 0.15) is 12.5 Å². The predicted octanol–water partition coefficient (Wildman–Crippen LogP) is 5.35. The first-order valence-electron chi connectivity index (χ1n) is 8.34. The summed E-state index contributed by atoms with van der Waals surface area (Å²) in [6, 6.07) is 23.3. The highest BCUT2D eigenvalue weighted by atomic mass is 16.5. The normalized spacial score (nSPS) is 10.3. The summed E-state index contributed by atoms with van der Waals surface area (Å²) in [5.41, 5.74) is 5.69. The van der Waals surface area contributed by atoms with Gasteiger partial charge >= 0.3 is 5.97 Å². The number of aromatic hydroxyl groups is 1. The molecule has 0 unspecified atom stereocenters. The van der Waals surface area contributed by atoms with Crippen molar-refractivity contribution in [2.24, 2.45) is 0 Å². The Morgan fingerprint density at radius 1 is 0.808 bits per heavy atom. The summed E-state index contributed by atoms with van der Waals surface area (Å²) in [7, 11) is 0. The zero-order valence-electron chi connectivity index (χ0n) is 14.6. The Morgan fingerprint density at radius 3 is 1.62 bits per heavy atom. The first-order valence-corrected chi connectivity index (χ1v) is 8.34. The molecule has 0 amide bonds. The fourth-order valence-electron chi connectivity index (χ4n) is 2.57. The molecule has 3 rings (SSSR count). The van der Waals surface area contributed by atoms with Gasteiger partial charge in [0, 0.05) is 5.57 Å². The highest BCUT2D eigenvalue weighted by Crippen LogP contribution is 2.26. The fourth-order valence-corrected chi connectivity index (χ4v) is 2.57. The molecule has 0 spiro atoms. The van der Waals surface area contributed by atoms with Crippen LogP contribution in [-0.2, 0) is 16.1 Å². The van der Waals surface area contributed by atoms with Crippen LogP contribution >= 0.6 is 0 Å². The average molecular weight is 344 g/mol. The van der Waals surface area contributed by atoms with E-state index in [1.165, 1.54) is 0 Å². The molecule has 0 saturated carbocycles. The Balaban J connectivity index is 1.70. The van der Waals surface area contributed by atoms with Crippen LogP contribution < -0.4 is 0 Å². The number of phenols is 1. The van der Waals surface area contributed by atoms with Crippen molar-refractivity contribution in [3.8, 4) is 28.0 Å². The van der Waals surface area contributed by atoms with Gasteiger partial charge in [-0.1, -0.05) is 67.2 Å². The lowest BCUT2D eigenvalue weighted by molar-refractivity contribution is -0.140.